The van der Waals surface area contributed by atoms with E-state index in [1.807, 2.05) is 19.1 Å². The van der Waals surface area contributed by atoms with Gasteiger partial charge in [0, 0.05) is 22.6 Å². The molecule has 1 N–H and O–H groups in total. The van der Waals surface area contributed by atoms with E-state index < -0.39 is 0 Å². The number of rotatable bonds is 5. The van der Waals surface area contributed by atoms with Gasteiger partial charge in [0.05, 0.1) is 0 Å². The maximum atomic E-state index is 13.8. The molecule has 0 spiro atoms. The molecule has 0 aliphatic carbocycles. The van der Waals surface area contributed by atoms with Gasteiger partial charge < -0.3 is 5.32 Å². The Balaban J connectivity index is 2.69. The Morgan fingerprint density at radius 2 is 1.89 bits per heavy atom. The second-order valence-electron chi connectivity index (χ2n) is 5.91. The van der Waals surface area contributed by atoms with Crippen molar-refractivity contribution in [3.8, 4) is 0 Å². The summed E-state index contributed by atoms with van der Waals surface area (Å²) in [5.41, 5.74) is 0.929. The third-order valence-electron chi connectivity index (χ3n) is 3.86. The van der Waals surface area contributed by atoms with Crippen molar-refractivity contribution in [2.24, 2.45) is 11.3 Å². The molecule has 0 aromatic heterocycles. The van der Waals surface area contributed by atoms with Crippen molar-refractivity contribution in [1.82, 2.24) is 5.32 Å². The Hall–Kier alpha value is -0.410. The van der Waals surface area contributed by atoms with Crippen molar-refractivity contribution in [3.63, 3.8) is 0 Å². The molecule has 0 radical (unpaired) electrons. The molecular formula is C15H23BrFN. The summed E-state index contributed by atoms with van der Waals surface area (Å²) in [6.45, 7) is 11.8. The van der Waals surface area contributed by atoms with Crippen LogP contribution in [0.4, 0.5) is 4.39 Å². The summed E-state index contributed by atoms with van der Waals surface area (Å²) in [4.78, 5) is 0. The average Bonchev–Trinajstić information content (AvgIpc) is 2.25. The summed E-state index contributed by atoms with van der Waals surface area (Å²) in [6.07, 6.45) is 0. The highest BCUT2D eigenvalue weighted by molar-refractivity contribution is 9.10. The quantitative estimate of drug-likeness (QED) is 0.813. The standard InChI is InChI=1S/C15H23BrFN/c1-10(2)15(4,5)9-18-11(3)13-7-6-12(16)8-14(13)17/h6-8,10-11,18H,9H2,1-5H3. The predicted octanol–water partition coefficient (Wildman–Crippen LogP) is 4.92. The number of hydrogen-bond acceptors (Lipinski definition) is 1. The number of benzene rings is 1. The molecule has 0 aliphatic heterocycles. The maximum absolute atomic E-state index is 13.8. The first-order valence-electron chi connectivity index (χ1n) is 6.42. The molecule has 0 aliphatic rings. The van der Waals surface area contributed by atoms with Crippen molar-refractivity contribution in [2.45, 2.75) is 40.7 Å². The van der Waals surface area contributed by atoms with Crippen molar-refractivity contribution >= 4 is 15.9 Å². The number of halogens is 2. The van der Waals surface area contributed by atoms with Crippen molar-refractivity contribution < 1.29 is 4.39 Å². The monoisotopic (exact) mass is 315 g/mol. The van der Waals surface area contributed by atoms with E-state index in [-0.39, 0.29) is 17.3 Å². The summed E-state index contributed by atoms with van der Waals surface area (Å²) < 4.78 is 14.6. The summed E-state index contributed by atoms with van der Waals surface area (Å²) >= 11 is 3.27. The minimum atomic E-state index is -0.160. The van der Waals surface area contributed by atoms with Gasteiger partial charge >= 0.3 is 0 Å². The van der Waals surface area contributed by atoms with E-state index in [1.165, 1.54) is 6.07 Å². The fraction of sp³-hybridized carbons (Fsp3) is 0.600. The van der Waals surface area contributed by atoms with Crippen LogP contribution in [0, 0.1) is 17.2 Å². The Morgan fingerprint density at radius 1 is 1.28 bits per heavy atom. The van der Waals surface area contributed by atoms with Crippen LogP contribution in [0.5, 0.6) is 0 Å². The Labute approximate surface area is 118 Å². The highest BCUT2D eigenvalue weighted by Gasteiger charge is 2.23. The first kappa shape index (κ1) is 15.6. The third-order valence-corrected chi connectivity index (χ3v) is 4.35. The zero-order valence-corrected chi connectivity index (χ0v) is 13.4. The average molecular weight is 316 g/mol. The Bertz CT molecular complexity index is 401. The lowest BCUT2D eigenvalue weighted by molar-refractivity contribution is 0.230. The summed E-state index contributed by atoms with van der Waals surface area (Å²) in [6, 6.07) is 5.25. The molecule has 1 rings (SSSR count). The van der Waals surface area contributed by atoms with E-state index in [2.05, 4.69) is 48.9 Å². The summed E-state index contributed by atoms with van der Waals surface area (Å²) in [5, 5.41) is 3.43. The molecule has 1 aromatic rings. The molecule has 3 heteroatoms. The van der Waals surface area contributed by atoms with Crippen LogP contribution in [0.25, 0.3) is 0 Å². The molecule has 0 saturated carbocycles. The van der Waals surface area contributed by atoms with Crippen LogP contribution in [0.1, 0.15) is 46.2 Å². The van der Waals surface area contributed by atoms with Crippen LogP contribution in [0.15, 0.2) is 22.7 Å². The van der Waals surface area contributed by atoms with E-state index in [0.29, 0.717) is 5.92 Å². The molecular weight excluding hydrogens is 293 g/mol. The van der Waals surface area contributed by atoms with Gasteiger partial charge in [0.25, 0.3) is 0 Å². The second kappa shape index (κ2) is 6.16. The van der Waals surface area contributed by atoms with E-state index >= 15 is 0 Å². The zero-order valence-electron chi connectivity index (χ0n) is 11.8. The van der Waals surface area contributed by atoms with E-state index in [0.717, 1.165) is 16.6 Å². The van der Waals surface area contributed by atoms with Crippen LogP contribution in [-0.2, 0) is 0 Å². The zero-order chi connectivity index (χ0) is 13.9. The Morgan fingerprint density at radius 3 is 2.39 bits per heavy atom. The number of nitrogens with one attached hydrogen (secondary N) is 1. The normalized spacial score (nSPS) is 14.0. The van der Waals surface area contributed by atoms with Crippen molar-refractivity contribution in [1.29, 1.82) is 0 Å². The molecule has 18 heavy (non-hydrogen) atoms. The molecule has 0 heterocycles. The van der Waals surface area contributed by atoms with Crippen LogP contribution >= 0.6 is 15.9 Å². The van der Waals surface area contributed by atoms with Gasteiger partial charge in [0.1, 0.15) is 5.82 Å². The fourth-order valence-electron chi connectivity index (χ4n) is 1.58. The van der Waals surface area contributed by atoms with Crippen molar-refractivity contribution in [3.05, 3.63) is 34.1 Å². The van der Waals surface area contributed by atoms with E-state index in [1.54, 1.807) is 0 Å². The summed E-state index contributed by atoms with van der Waals surface area (Å²) in [5.74, 6) is 0.429. The van der Waals surface area contributed by atoms with Gasteiger partial charge in [-0.1, -0.05) is 49.7 Å². The predicted molar refractivity (Wildman–Crippen MR) is 79.1 cm³/mol. The minimum Gasteiger partial charge on any atom is -0.310 e. The molecule has 1 aromatic carbocycles. The van der Waals surface area contributed by atoms with Crippen molar-refractivity contribution in [2.75, 3.05) is 6.54 Å². The van der Waals surface area contributed by atoms with Gasteiger partial charge in [-0.2, -0.15) is 0 Å². The lowest BCUT2D eigenvalue weighted by Crippen LogP contribution is -2.35. The first-order valence-corrected chi connectivity index (χ1v) is 7.21. The number of hydrogen-bond donors (Lipinski definition) is 1. The third kappa shape index (κ3) is 4.06. The van der Waals surface area contributed by atoms with Crippen LogP contribution in [-0.4, -0.2) is 6.54 Å². The van der Waals surface area contributed by atoms with Gasteiger partial charge in [-0.05, 0) is 30.4 Å². The van der Waals surface area contributed by atoms with E-state index in [9.17, 15) is 4.39 Å². The van der Waals surface area contributed by atoms with Crippen LogP contribution in [0.3, 0.4) is 0 Å². The smallest absolute Gasteiger partial charge is 0.129 e. The van der Waals surface area contributed by atoms with Gasteiger partial charge in [-0.3, -0.25) is 0 Å². The van der Waals surface area contributed by atoms with Crippen LogP contribution < -0.4 is 5.32 Å². The lowest BCUT2D eigenvalue weighted by Gasteiger charge is -2.31. The highest BCUT2D eigenvalue weighted by Crippen LogP contribution is 2.27. The van der Waals surface area contributed by atoms with E-state index in [4.69, 9.17) is 0 Å². The molecule has 0 fully saturated rings. The molecule has 0 amide bonds. The van der Waals surface area contributed by atoms with Crippen LogP contribution in [0.2, 0.25) is 0 Å². The SMILES string of the molecule is CC(NCC(C)(C)C(C)C)c1ccc(Br)cc1F. The van der Waals surface area contributed by atoms with Gasteiger partial charge in [0.2, 0.25) is 0 Å². The Kier molecular flexibility index (Phi) is 5.35. The highest BCUT2D eigenvalue weighted by atomic mass is 79.9. The topological polar surface area (TPSA) is 12.0 Å². The van der Waals surface area contributed by atoms with Gasteiger partial charge in [-0.15, -0.1) is 0 Å². The second-order valence-corrected chi connectivity index (χ2v) is 6.83. The molecule has 0 bridgehead atoms. The molecule has 1 atom stereocenters. The largest absolute Gasteiger partial charge is 0.310 e. The fourth-order valence-corrected chi connectivity index (χ4v) is 1.92. The molecule has 102 valence electrons. The molecule has 1 unspecified atom stereocenters. The maximum Gasteiger partial charge on any atom is 0.129 e. The van der Waals surface area contributed by atoms with Gasteiger partial charge in [-0.25, -0.2) is 4.39 Å². The molecule has 1 nitrogen and oxygen atoms in total. The molecule has 0 saturated heterocycles. The lowest BCUT2D eigenvalue weighted by atomic mass is 9.81. The first-order chi connectivity index (χ1) is 8.24. The minimum absolute atomic E-state index is 0.0242. The van der Waals surface area contributed by atoms with Gasteiger partial charge in [0.15, 0.2) is 0 Å². The summed E-state index contributed by atoms with van der Waals surface area (Å²) in [7, 11) is 0.